The van der Waals surface area contributed by atoms with Gasteiger partial charge in [0.15, 0.2) is 0 Å². The van der Waals surface area contributed by atoms with Crippen molar-refractivity contribution in [3.8, 4) is 5.69 Å². The van der Waals surface area contributed by atoms with Crippen molar-refractivity contribution >= 4 is 5.91 Å². The van der Waals surface area contributed by atoms with Crippen molar-refractivity contribution in [2.45, 2.75) is 45.7 Å². The van der Waals surface area contributed by atoms with Crippen LogP contribution in [0.3, 0.4) is 0 Å². The van der Waals surface area contributed by atoms with E-state index in [1.165, 1.54) is 18.4 Å². The second kappa shape index (κ2) is 7.85. The van der Waals surface area contributed by atoms with Gasteiger partial charge < -0.3 is 4.90 Å². The highest BCUT2D eigenvalue weighted by Gasteiger charge is 2.35. The maximum absolute atomic E-state index is 12.8. The normalized spacial score (nSPS) is 21.7. The molecule has 0 radical (unpaired) electrons. The summed E-state index contributed by atoms with van der Waals surface area (Å²) in [5.74, 6) is 1.56. The first-order valence-corrected chi connectivity index (χ1v) is 10.2. The van der Waals surface area contributed by atoms with Gasteiger partial charge in [0.2, 0.25) is 5.91 Å². The quantitative estimate of drug-likeness (QED) is 0.787. The fourth-order valence-electron chi connectivity index (χ4n) is 4.04. The highest BCUT2D eigenvalue weighted by atomic mass is 16.2. The molecule has 144 valence electrons. The maximum atomic E-state index is 12.8. The summed E-state index contributed by atoms with van der Waals surface area (Å²) < 4.78 is 1.89. The number of hydrogen-bond acceptors (Lipinski definition) is 3. The third-order valence-electron chi connectivity index (χ3n) is 5.81. The SMILES string of the molecule is CC(C)[C@H]1CN(Cc2cccc(-n3cccn3)c2)CCC(=O)N1CC1CC1. The molecule has 5 nitrogen and oxygen atoms in total. The van der Waals surface area contributed by atoms with Crippen LogP contribution in [0.25, 0.3) is 5.69 Å². The number of hydrogen-bond donors (Lipinski definition) is 0. The molecule has 1 amide bonds. The molecule has 2 aliphatic rings. The number of aromatic nitrogens is 2. The molecule has 27 heavy (non-hydrogen) atoms. The van der Waals surface area contributed by atoms with Gasteiger partial charge in [-0.3, -0.25) is 9.69 Å². The zero-order valence-corrected chi connectivity index (χ0v) is 16.4. The van der Waals surface area contributed by atoms with Crippen LogP contribution >= 0.6 is 0 Å². The van der Waals surface area contributed by atoms with Gasteiger partial charge in [0, 0.05) is 51.0 Å². The number of amides is 1. The molecular formula is C22H30N4O. The number of nitrogens with zero attached hydrogens (tertiary/aromatic N) is 4. The van der Waals surface area contributed by atoms with E-state index in [0.29, 0.717) is 24.3 Å². The third-order valence-corrected chi connectivity index (χ3v) is 5.81. The molecule has 1 aliphatic heterocycles. The molecular weight excluding hydrogens is 336 g/mol. The lowest BCUT2D eigenvalue weighted by atomic mass is 10.0. The molecule has 2 heterocycles. The first-order valence-electron chi connectivity index (χ1n) is 10.2. The molecule has 1 aromatic heterocycles. The van der Waals surface area contributed by atoms with E-state index in [4.69, 9.17) is 0 Å². The third kappa shape index (κ3) is 4.41. The zero-order valence-electron chi connectivity index (χ0n) is 16.4. The molecule has 2 fully saturated rings. The van der Waals surface area contributed by atoms with Crippen LogP contribution in [0.15, 0.2) is 42.7 Å². The highest BCUT2D eigenvalue weighted by molar-refractivity contribution is 5.77. The monoisotopic (exact) mass is 366 g/mol. The van der Waals surface area contributed by atoms with Gasteiger partial charge in [0.25, 0.3) is 0 Å². The van der Waals surface area contributed by atoms with E-state index in [9.17, 15) is 4.79 Å². The minimum atomic E-state index is 0.315. The van der Waals surface area contributed by atoms with Crippen LogP contribution in [-0.2, 0) is 11.3 Å². The van der Waals surface area contributed by atoms with Crippen LogP contribution < -0.4 is 0 Å². The average molecular weight is 367 g/mol. The van der Waals surface area contributed by atoms with Gasteiger partial charge >= 0.3 is 0 Å². The van der Waals surface area contributed by atoms with Gasteiger partial charge in [-0.15, -0.1) is 0 Å². The molecule has 1 atom stereocenters. The van der Waals surface area contributed by atoms with Crippen LogP contribution in [0, 0.1) is 11.8 Å². The van der Waals surface area contributed by atoms with E-state index in [0.717, 1.165) is 37.8 Å². The van der Waals surface area contributed by atoms with Gasteiger partial charge in [-0.1, -0.05) is 26.0 Å². The van der Waals surface area contributed by atoms with Gasteiger partial charge in [-0.05, 0) is 48.4 Å². The first kappa shape index (κ1) is 18.2. The van der Waals surface area contributed by atoms with Crippen molar-refractivity contribution in [3.63, 3.8) is 0 Å². The van der Waals surface area contributed by atoms with E-state index in [-0.39, 0.29) is 0 Å². The summed E-state index contributed by atoms with van der Waals surface area (Å²) in [7, 11) is 0. The Kier molecular flexibility index (Phi) is 5.30. The highest BCUT2D eigenvalue weighted by Crippen LogP contribution is 2.32. The smallest absolute Gasteiger partial charge is 0.224 e. The maximum Gasteiger partial charge on any atom is 0.224 e. The Hall–Kier alpha value is -2.14. The van der Waals surface area contributed by atoms with Gasteiger partial charge in [0.1, 0.15) is 0 Å². The van der Waals surface area contributed by atoms with Crippen molar-refractivity contribution in [1.29, 1.82) is 0 Å². The summed E-state index contributed by atoms with van der Waals surface area (Å²) in [6.45, 7) is 8.14. The van der Waals surface area contributed by atoms with Gasteiger partial charge in [-0.2, -0.15) is 5.10 Å². The van der Waals surface area contributed by atoms with E-state index in [1.54, 1.807) is 6.20 Å². The summed E-state index contributed by atoms with van der Waals surface area (Å²) in [5, 5.41) is 4.33. The van der Waals surface area contributed by atoms with Crippen LogP contribution in [0.5, 0.6) is 0 Å². The predicted molar refractivity (Wildman–Crippen MR) is 107 cm³/mol. The molecule has 0 N–H and O–H groups in total. The first-order chi connectivity index (χ1) is 13.1. The lowest BCUT2D eigenvalue weighted by molar-refractivity contribution is -0.133. The lowest BCUT2D eigenvalue weighted by Gasteiger charge is -2.35. The summed E-state index contributed by atoms with van der Waals surface area (Å²) in [4.78, 5) is 17.4. The van der Waals surface area contributed by atoms with Crippen LogP contribution in [0.1, 0.15) is 38.7 Å². The Morgan fingerprint density at radius 3 is 2.78 bits per heavy atom. The Balaban J connectivity index is 1.49. The number of carbonyl (C=O) groups excluding carboxylic acids is 1. The van der Waals surface area contributed by atoms with Gasteiger partial charge in [-0.25, -0.2) is 4.68 Å². The molecule has 0 bridgehead atoms. The van der Waals surface area contributed by atoms with Crippen LogP contribution in [0.4, 0.5) is 0 Å². The predicted octanol–water partition coefficient (Wildman–Crippen LogP) is 3.34. The zero-order chi connectivity index (χ0) is 18.8. The fraction of sp³-hybridized carbons (Fsp3) is 0.545. The van der Waals surface area contributed by atoms with Crippen molar-refractivity contribution < 1.29 is 4.79 Å². The van der Waals surface area contributed by atoms with E-state index >= 15 is 0 Å². The fourth-order valence-corrected chi connectivity index (χ4v) is 4.04. The summed E-state index contributed by atoms with van der Waals surface area (Å²) in [5.41, 5.74) is 2.35. The number of rotatable bonds is 6. The molecule has 1 saturated heterocycles. The van der Waals surface area contributed by atoms with Crippen molar-refractivity contribution in [2.24, 2.45) is 11.8 Å². The Morgan fingerprint density at radius 1 is 1.22 bits per heavy atom. The Morgan fingerprint density at radius 2 is 2.07 bits per heavy atom. The van der Waals surface area contributed by atoms with Crippen molar-refractivity contribution in [3.05, 3.63) is 48.3 Å². The van der Waals surface area contributed by atoms with Gasteiger partial charge in [0.05, 0.1) is 5.69 Å². The standard InChI is InChI=1S/C22H30N4O/c1-17(2)21-16-24(12-9-22(27)25(21)15-18-7-8-18)14-19-5-3-6-20(13-19)26-11-4-10-23-26/h3-6,10-11,13,17-18,21H,7-9,12,14-16H2,1-2H3/t21-/m1/s1. The Labute approximate surface area is 162 Å². The lowest BCUT2D eigenvalue weighted by Crippen LogP contribution is -2.47. The second-order valence-corrected chi connectivity index (χ2v) is 8.41. The van der Waals surface area contributed by atoms with E-state index in [2.05, 4.69) is 53.0 Å². The van der Waals surface area contributed by atoms with Crippen molar-refractivity contribution in [2.75, 3.05) is 19.6 Å². The van der Waals surface area contributed by atoms with Crippen LogP contribution in [0.2, 0.25) is 0 Å². The second-order valence-electron chi connectivity index (χ2n) is 8.41. The summed E-state index contributed by atoms with van der Waals surface area (Å²) in [6, 6.07) is 10.8. The van der Waals surface area contributed by atoms with E-state index in [1.807, 2.05) is 16.9 Å². The largest absolute Gasteiger partial charge is 0.338 e. The van der Waals surface area contributed by atoms with E-state index < -0.39 is 0 Å². The molecule has 4 rings (SSSR count). The molecule has 0 unspecified atom stereocenters. The minimum Gasteiger partial charge on any atom is -0.338 e. The molecule has 1 saturated carbocycles. The molecule has 1 aliphatic carbocycles. The Bertz CT molecular complexity index is 766. The minimum absolute atomic E-state index is 0.315. The summed E-state index contributed by atoms with van der Waals surface area (Å²) >= 11 is 0. The summed E-state index contributed by atoms with van der Waals surface area (Å²) in [6.07, 6.45) is 6.98. The molecule has 0 spiro atoms. The number of carbonyl (C=O) groups is 1. The van der Waals surface area contributed by atoms with Crippen LogP contribution in [-0.4, -0.2) is 51.2 Å². The molecule has 1 aromatic carbocycles. The molecule has 5 heteroatoms. The number of benzene rings is 1. The average Bonchev–Trinajstić information content (AvgIpc) is 3.34. The topological polar surface area (TPSA) is 41.4 Å². The molecule has 2 aromatic rings. The van der Waals surface area contributed by atoms with Crippen molar-refractivity contribution in [1.82, 2.24) is 19.6 Å².